The highest BCUT2D eigenvalue weighted by Crippen LogP contribution is 2.25. The molecule has 0 aliphatic carbocycles. The number of benzene rings is 1. The van der Waals surface area contributed by atoms with Crippen molar-refractivity contribution in [2.75, 3.05) is 6.54 Å². The van der Waals surface area contributed by atoms with E-state index < -0.39 is 5.91 Å². The molecule has 116 valence electrons. The van der Waals surface area contributed by atoms with Crippen LogP contribution in [0, 0.1) is 18.3 Å². The maximum atomic E-state index is 11.9. The Kier molecular flexibility index (Phi) is 5.34. The first-order valence-electron chi connectivity index (χ1n) is 6.90. The number of hydrogen-bond donors (Lipinski definition) is 1. The van der Waals surface area contributed by atoms with Crippen molar-refractivity contribution in [3.8, 4) is 11.8 Å². The van der Waals surface area contributed by atoms with E-state index in [0.717, 1.165) is 5.69 Å². The smallest absolute Gasteiger partial charge is 0.262 e. The lowest BCUT2D eigenvalue weighted by Crippen LogP contribution is -2.24. The molecule has 1 heterocycles. The number of carbonyl (C=O) groups excluding carboxylic acids is 1. The van der Waals surface area contributed by atoms with Crippen molar-refractivity contribution in [1.29, 1.82) is 5.26 Å². The van der Waals surface area contributed by atoms with Crippen LogP contribution in [0.3, 0.4) is 0 Å². The van der Waals surface area contributed by atoms with Gasteiger partial charge in [0.2, 0.25) is 0 Å². The van der Waals surface area contributed by atoms with E-state index in [0.29, 0.717) is 16.4 Å². The third kappa shape index (κ3) is 3.68. The molecule has 1 aromatic carbocycles. The van der Waals surface area contributed by atoms with E-state index >= 15 is 0 Å². The van der Waals surface area contributed by atoms with E-state index in [9.17, 15) is 10.1 Å². The molecule has 23 heavy (non-hydrogen) atoms. The largest absolute Gasteiger partial charge is 0.348 e. The average Bonchev–Trinajstić information content (AvgIpc) is 2.85. The minimum atomic E-state index is -0.477. The van der Waals surface area contributed by atoms with E-state index in [1.165, 1.54) is 6.08 Å². The molecule has 0 aliphatic rings. The number of halogens is 1. The lowest BCUT2D eigenvalue weighted by molar-refractivity contribution is -0.116. The lowest BCUT2D eigenvalue weighted by Gasteiger charge is -2.02. The highest BCUT2D eigenvalue weighted by atomic mass is 35.5. The molecule has 0 atom stereocenters. The Morgan fingerprint density at radius 2 is 2.17 bits per heavy atom. The number of aryl methyl sites for hydroxylation is 1. The fourth-order valence-electron chi connectivity index (χ4n) is 1.97. The summed E-state index contributed by atoms with van der Waals surface area (Å²) >= 11 is 6.37. The van der Waals surface area contributed by atoms with Crippen LogP contribution in [0.15, 0.2) is 48.6 Å². The van der Waals surface area contributed by atoms with Gasteiger partial charge in [0.25, 0.3) is 5.91 Å². The van der Waals surface area contributed by atoms with Gasteiger partial charge in [-0.05, 0) is 25.1 Å². The summed E-state index contributed by atoms with van der Waals surface area (Å²) in [4.78, 5) is 11.9. The van der Waals surface area contributed by atoms with Crippen molar-refractivity contribution >= 4 is 23.6 Å². The number of aromatic nitrogens is 2. The zero-order valence-corrected chi connectivity index (χ0v) is 13.3. The highest BCUT2D eigenvalue weighted by molar-refractivity contribution is 6.31. The first kappa shape index (κ1) is 16.5. The van der Waals surface area contributed by atoms with Gasteiger partial charge in [-0.25, -0.2) is 4.68 Å². The Morgan fingerprint density at radius 3 is 2.78 bits per heavy atom. The van der Waals surface area contributed by atoms with Gasteiger partial charge < -0.3 is 5.32 Å². The second-order valence-electron chi connectivity index (χ2n) is 4.71. The molecule has 2 aromatic rings. The molecule has 1 aromatic heterocycles. The topological polar surface area (TPSA) is 70.7 Å². The van der Waals surface area contributed by atoms with E-state index in [-0.39, 0.29) is 12.1 Å². The van der Waals surface area contributed by atoms with E-state index in [2.05, 4.69) is 17.0 Å². The summed E-state index contributed by atoms with van der Waals surface area (Å²) in [6.45, 7) is 5.57. The standard InChI is InChI=1S/C17H15ClN4O/c1-3-9-20-17(23)13(11-19)10-15-12(2)21-22(16(15)18)14-7-5-4-6-8-14/h3-8,10H,1,9H2,2H3,(H,20,23)/b13-10+. The fraction of sp³-hybridized carbons (Fsp3) is 0.118. The van der Waals surface area contributed by atoms with Crippen molar-refractivity contribution in [3.05, 3.63) is 65.0 Å². The molecule has 0 spiro atoms. The molecule has 1 amide bonds. The van der Waals surface area contributed by atoms with Crippen LogP contribution in [0.2, 0.25) is 5.15 Å². The molecule has 2 rings (SSSR count). The summed E-state index contributed by atoms with van der Waals surface area (Å²) in [6, 6.07) is 11.3. The summed E-state index contributed by atoms with van der Waals surface area (Å²) in [6.07, 6.45) is 2.99. The minimum Gasteiger partial charge on any atom is -0.348 e. The molecule has 0 bridgehead atoms. The molecule has 0 aliphatic heterocycles. The third-order valence-electron chi connectivity index (χ3n) is 3.11. The van der Waals surface area contributed by atoms with Crippen LogP contribution in [-0.2, 0) is 4.79 Å². The molecule has 0 saturated heterocycles. The van der Waals surface area contributed by atoms with Gasteiger partial charge in [-0.3, -0.25) is 4.79 Å². The van der Waals surface area contributed by atoms with Crippen LogP contribution in [0.25, 0.3) is 11.8 Å². The van der Waals surface area contributed by atoms with Crippen LogP contribution in [0.4, 0.5) is 0 Å². The van der Waals surface area contributed by atoms with Gasteiger partial charge in [-0.1, -0.05) is 35.9 Å². The van der Waals surface area contributed by atoms with Gasteiger partial charge in [0, 0.05) is 12.1 Å². The number of nitrogens with zero attached hydrogens (tertiary/aromatic N) is 3. The molecular weight excluding hydrogens is 312 g/mol. The van der Waals surface area contributed by atoms with E-state index in [4.69, 9.17) is 11.6 Å². The van der Waals surface area contributed by atoms with Crippen molar-refractivity contribution < 1.29 is 4.79 Å². The molecule has 5 nitrogen and oxygen atoms in total. The Labute approximate surface area is 139 Å². The van der Waals surface area contributed by atoms with Crippen LogP contribution >= 0.6 is 11.6 Å². The fourth-order valence-corrected chi connectivity index (χ4v) is 2.30. The van der Waals surface area contributed by atoms with Gasteiger partial charge in [-0.2, -0.15) is 10.4 Å². The minimum absolute atomic E-state index is 0.0375. The van der Waals surface area contributed by atoms with Gasteiger partial charge >= 0.3 is 0 Å². The highest BCUT2D eigenvalue weighted by Gasteiger charge is 2.16. The quantitative estimate of drug-likeness (QED) is 0.521. The Balaban J connectivity index is 2.42. The van der Waals surface area contributed by atoms with Crippen LogP contribution in [0.1, 0.15) is 11.3 Å². The zero-order chi connectivity index (χ0) is 16.8. The number of carbonyl (C=O) groups is 1. The first-order chi connectivity index (χ1) is 11.1. The molecule has 0 saturated carbocycles. The lowest BCUT2D eigenvalue weighted by atomic mass is 10.1. The van der Waals surface area contributed by atoms with Crippen molar-refractivity contribution in [3.63, 3.8) is 0 Å². The molecule has 0 fully saturated rings. The van der Waals surface area contributed by atoms with Gasteiger partial charge in [-0.15, -0.1) is 6.58 Å². The normalized spacial score (nSPS) is 10.9. The second kappa shape index (κ2) is 7.43. The number of nitriles is 1. The Hall–Kier alpha value is -2.84. The van der Waals surface area contributed by atoms with Crippen LogP contribution < -0.4 is 5.32 Å². The first-order valence-corrected chi connectivity index (χ1v) is 7.27. The summed E-state index contributed by atoms with van der Waals surface area (Å²) in [5.74, 6) is -0.477. The summed E-state index contributed by atoms with van der Waals surface area (Å²) in [5.41, 5.74) is 1.93. The molecule has 0 unspecified atom stereocenters. The Morgan fingerprint density at radius 1 is 1.48 bits per heavy atom. The predicted molar refractivity (Wildman–Crippen MR) is 90.1 cm³/mol. The summed E-state index contributed by atoms with van der Waals surface area (Å²) in [7, 11) is 0. The van der Waals surface area contributed by atoms with Crippen molar-refractivity contribution in [2.24, 2.45) is 0 Å². The van der Waals surface area contributed by atoms with Gasteiger partial charge in [0.05, 0.1) is 11.4 Å². The van der Waals surface area contributed by atoms with E-state index in [1.54, 1.807) is 17.7 Å². The van der Waals surface area contributed by atoms with E-state index in [1.807, 2.05) is 36.4 Å². The maximum absolute atomic E-state index is 11.9. The number of para-hydroxylation sites is 1. The van der Waals surface area contributed by atoms with Gasteiger partial charge in [0.1, 0.15) is 16.8 Å². The molecule has 6 heteroatoms. The summed E-state index contributed by atoms with van der Waals surface area (Å²) in [5, 5.41) is 16.5. The number of nitrogens with one attached hydrogen (secondary N) is 1. The van der Waals surface area contributed by atoms with Crippen molar-refractivity contribution in [2.45, 2.75) is 6.92 Å². The Bertz CT molecular complexity index is 800. The van der Waals surface area contributed by atoms with Gasteiger partial charge in [0.15, 0.2) is 0 Å². The molecule has 0 radical (unpaired) electrons. The summed E-state index contributed by atoms with van der Waals surface area (Å²) < 4.78 is 1.57. The maximum Gasteiger partial charge on any atom is 0.262 e. The second-order valence-corrected chi connectivity index (χ2v) is 5.06. The van der Waals surface area contributed by atoms with Crippen LogP contribution in [-0.4, -0.2) is 22.2 Å². The predicted octanol–water partition coefficient (Wildman–Crippen LogP) is 3.04. The van der Waals surface area contributed by atoms with Crippen LogP contribution in [0.5, 0.6) is 0 Å². The molecular formula is C17H15ClN4O. The third-order valence-corrected chi connectivity index (χ3v) is 3.47. The SMILES string of the molecule is C=CCNC(=O)/C(C#N)=C/c1c(C)nn(-c2ccccc2)c1Cl. The van der Waals surface area contributed by atoms with Crippen molar-refractivity contribution in [1.82, 2.24) is 15.1 Å². The number of amides is 1. The monoisotopic (exact) mass is 326 g/mol. The molecule has 1 N–H and O–H groups in total. The number of hydrogen-bond acceptors (Lipinski definition) is 3. The average molecular weight is 327 g/mol. The zero-order valence-electron chi connectivity index (χ0n) is 12.6. The number of rotatable bonds is 5.